The number of halogens is 1. The molecule has 0 aliphatic heterocycles. The standard InChI is InChI=1S/C20H17ClN2O2S/c1-2-18(24)22-13-6-5-7-14(12-13)23-19(25)11-10-17-20(21)15-8-3-4-9-16(15)26-17/h3-12H,2H2,1H3,(H,22,24)(H,23,25)/b11-10+. The van der Waals surface area contributed by atoms with Gasteiger partial charge in [-0.05, 0) is 30.3 Å². The van der Waals surface area contributed by atoms with E-state index < -0.39 is 0 Å². The number of benzene rings is 2. The van der Waals surface area contributed by atoms with E-state index in [0.29, 0.717) is 22.8 Å². The second kappa shape index (κ2) is 8.17. The minimum absolute atomic E-state index is 0.0761. The van der Waals surface area contributed by atoms with Gasteiger partial charge in [-0.3, -0.25) is 9.59 Å². The summed E-state index contributed by atoms with van der Waals surface area (Å²) in [6, 6.07) is 14.9. The van der Waals surface area contributed by atoms with Crippen LogP contribution >= 0.6 is 22.9 Å². The molecule has 0 aliphatic rings. The SMILES string of the molecule is CCC(=O)Nc1cccc(NC(=O)/C=C/c2sc3ccccc3c2Cl)c1. The summed E-state index contributed by atoms with van der Waals surface area (Å²) in [6.07, 6.45) is 3.56. The summed E-state index contributed by atoms with van der Waals surface area (Å²) in [5.41, 5.74) is 1.25. The third-order valence-electron chi connectivity index (χ3n) is 3.68. The fourth-order valence-electron chi connectivity index (χ4n) is 2.40. The van der Waals surface area contributed by atoms with E-state index in [1.807, 2.05) is 24.3 Å². The summed E-state index contributed by atoms with van der Waals surface area (Å²) >= 11 is 7.91. The molecule has 1 aromatic heterocycles. The number of anilines is 2. The van der Waals surface area contributed by atoms with Gasteiger partial charge in [-0.1, -0.05) is 42.8 Å². The number of thiophene rings is 1. The highest BCUT2D eigenvalue weighted by Gasteiger charge is 2.08. The summed E-state index contributed by atoms with van der Waals surface area (Å²) in [7, 11) is 0. The number of carbonyl (C=O) groups excluding carboxylic acids is 2. The largest absolute Gasteiger partial charge is 0.326 e. The Bertz CT molecular complexity index is 994. The molecule has 0 radical (unpaired) electrons. The molecule has 4 nitrogen and oxygen atoms in total. The second-order valence-electron chi connectivity index (χ2n) is 5.58. The summed E-state index contributed by atoms with van der Waals surface area (Å²) in [5, 5.41) is 7.18. The van der Waals surface area contributed by atoms with Crippen LogP contribution in [-0.4, -0.2) is 11.8 Å². The topological polar surface area (TPSA) is 58.2 Å². The van der Waals surface area contributed by atoms with Crippen molar-refractivity contribution in [1.29, 1.82) is 0 Å². The monoisotopic (exact) mass is 384 g/mol. The van der Waals surface area contributed by atoms with E-state index >= 15 is 0 Å². The van der Waals surface area contributed by atoms with Crippen molar-refractivity contribution in [3.8, 4) is 0 Å². The zero-order valence-electron chi connectivity index (χ0n) is 14.1. The molecule has 2 aromatic carbocycles. The van der Waals surface area contributed by atoms with Crippen LogP contribution in [0, 0.1) is 0 Å². The highest BCUT2D eigenvalue weighted by Crippen LogP contribution is 2.35. The zero-order chi connectivity index (χ0) is 18.5. The molecule has 3 rings (SSSR count). The van der Waals surface area contributed by atoms with Gasteiger partial charge >= 0.3 is 0 Å². The molecule has 132 valence electrons. The molecule has 0 atom stereocenters. The lowest BCUT2D eigenvalue weighted by Gasteiger charge is -2.06. The third kappa shape index (κ3) is 4.31. The zero-order valence-corrected chi connectivity index (χ0v) is 15.7. The van der Waals surface area contributed by atoms with Crippen molar-refractivity contribution in [3.05, 3.63) is 64.5 Å². The Morgan fingerprint density at radius 2 is 1.81 bits per heavy atom. The summed E-state index contributed by atoms with van der Waals surface area (Å²) < 4.78 is 1.08. The Hall–Kier alpha value is -2.63. The first-order valence-electron chi connectivity index (χ1n) is 8.13. The van der Waals surface area contributed by atoms with Crippen LogP contribution in [0.4, 0.5) is 11.4 Å². The number of hydrogen-bond donors (Lipinski definition) is 2. The van der Waals surface area contributed by atoms with Crippen LogP contribution in [0.3, 0.4) is 0 Å². The number of fused-ring (bicyclic) bond motifs is 1. The maximum atomic E-state index is 12.2. The van der Waals surface area contributed by atoms with Crippen molar-refractivity contribution in [3.63, 3.8) is 0 Å². The van der Waals surface area contributed by atoms with Gasteiger partial charge < -0.3 is 10.6 Å². The van der Waals surface area contributed by atoms with Gasteiger partial charge in [0.25, 0.3) is 0 Å². The normalized spacial score (nSPS) is 11.0. The Morgan fingerprint density at radius 3 is 2.54 bits per heavy atom. The number of nitrogens with one attached hydrogen (secondary N) is 2. The molecule has 3 aromatic rings. The van der Waals surface area contributed by atoms with Gasteiger partial charge in [-0.15, -0.1) is 11.3 Å². The Kier molecular flexibility index (Phi) is 5.71. The van der Waals surface area contributed by atoms with Crippen LogP contribution < -0.4 is 10.6 Å². The van der Waals surface area contributed by atoms with Gasteiger partial charge in [0.15, 0.2) is 0 Å². The van der Waals surface area contributed by atoms with E-state index in [4.69, 9.17) is 11.6 Å². The third-order valence-corrected chi connectivity index (χ3v) is 5.34. The van der Waals surface area contributed by atoms with Crippen molar-refractivity contribution in [2.45, 2.75) is 13.3 Å². The second-order valence-corrected chi connectivity index (χ2v) is 7.04. The molecule has 2 N–H and O–H groups in total. The van der Waals surface area contributed by atoms with Crippen LogP contribution in [0.1, 0.15) is 18.2 Å². The average molecular weight is 385 g/mol. The predicted molar refractivity (Wildman–Crippen MR) is 110 cm³/mol. The molecule has 0 bridgehead atoms. The lowest BCUT2D eigenvalue weighted by atomic mass is 10.2. The molecule has 0 saturated carbocycles. The van der Waals surface area contributed by atoms with Crippen LogP contribution in [0.2, 0.25) is 5.02 Å². The van der Waals surface area contributed by atoms with Gasteiger partial charge in [0.1, 0.15) is 0 Å². The molecule has 26 heavy (non-hydrogen) atoms. The minimum atomic E-state index is -0.266. The van der Waals surface area contributed by atoms with E-state index in [0.717, 1.165) is 15.0 Å². The molecule has 6 heteroatoms. The Morgan fingerprint density at radius 1 is 1.08 bits per heavy atom. The van der Waals surface area contributed by atoms with Crippen molar-refractivity contribution in [2.75, 3.05) is 10.6 Å². The first-order chi connectivity index (χ1) is 12.6. The minimum Gasteiger partial charge on any atom is -0.326 e. The summed E-state index contributed by atoms with van der Waals surface area (Å²) in [5.74, 6) is -0.342. The van der Waals surface area contributed by atoms with E-state index in [-0.39, 0.29) is 11.8 Å². The quantitative estimate of drug-likeness (QED) is 0.566. The summed E-state index contributed by atoms with van der Waals surface area (Å²) in [6.45, 7) is 1.78. The fraction of sp³-hybridized carbons (Fsp3) is 0.100. The van der Waals surface area contributed by atoms with Crippen LogP contribution in [0.15, 0.2) is 54.6 Å². The van der Waals surface area contributed by atoms with Crippen molar-refractivity contribution < 1.29 is 9.59 Å². The maximum absolute atomic E-state index is 12.2. The smallest absolute Gasteiger partial charge is 0.248 e. The molecule has 0 aliphatic carbocycles. The van der Waals surface area contributed by atoms with E-state index in [1.54, 1.807) is 37.3 Å². The molecular weight excluding hydrogens is 368 g/mol. The average Bonchev–Trinajstić information content (AvgIpc) is 2.96. The molecule has 0 saturated heterocycles. The van der Waals surface area contributed by atoms with Gasteiger partial charge in [0.05, 0.1) is 5.02 Å². The number of carbonyl (C=O) groups is 2. The predicted octanol–water partition coefficient (Wildman–Crippen LogP) is 5.56. The number of hydrogen-bond acceptors (Lipinski definition) is 3. The number of amides is 2. The van der Waals surface area contributed by atoms with Crippen molar-refractivity contribution in [1.82, 2.24) is 0 Å². The van der Waals surface area contributed by atoms with Crippen LogP contribution in [0.25, 0.3) is 16.2 Å². The molecule has 0 fully saturated rings. The molecule has 0 unspecified atom stereocenters. The highest BCUT2D eigenvalue weighted by molar-refractivity contribution is 7.20. The van der Waals surface area contributed by atoms with Crippen molar-refractivity contribution >= 4 is 62.3 Å². The van der Waals surface area contributed by atoms with E-state index in [9.17, 15) is 9.59 Å². The lowest BCUT2D eigenvalue weighted by Crippen LogP contribution is -2.11. The molecule has 1 heterocycles. The molecule has 0 spiro atoms. The first kappa shape index (κ1) is 18.2. The Balaban J connectivity index is 1.70. The fourth-order valence-corrected chi connectivity index (χ4v) is 3.80. The van der Waals surface area contributed by atoms with Crippen LogP contribution in [-0.2, 0) is 9.59 Å². The summed E-state index contributed by atoms with van der Waals surface area (Å²) in [4.78, 5) is 24.5. The maximum Gasteiger partial charge on any atom is 0.248 e. The van der Waals surface area contributed by atoms with Gasteiger partial charge in [0, 0.05) is 38.8 Å². The van der Waals surface area contributed by atoms with E-state index in [1.165, 1.54) is 17.4 Å². The Labute approximate surface area is 160 Å². The number of rotatable bonds is 5. The van der Waals surface area contributed by atoms with Gasteiger partial charge in [0.2, 0.25) is 11.8 Å². The lowest BCUT2D eigenvalue weighted by molar-refractivity contribution is -0.116. The first-order valence-corrected chi connectivity index (χ1v) is 9.32. The molecular formula is C20H17ClN2O2S. The van der Waals surface area contributed by atoms with Crippen molar-refractivity contribution in [2.24, 2.45) is 0 Å². The highest BCUT2D eigenvalue weighted by atomic mass is 35.5. The van der Waals surface area contributed by atoms with E-state index in [2.05, 4.69) is 10.6 Å². The van der Waals surface area contributed by atoms with Gasteiger partial charge in [-0.2, -0.15) is 0 Å². The van der Waals surface area contributed by atoms with Gasteiger partial charge in [-0.25, -0.2) is 0 Å². The molecule has 2 amide bonds. The van der Waals surface area contributed by atoms with Crippen LogP contribution in [0.5, 0.6) is 0 Å².